The van der Waals surface area contributed by atoms with Gasteiger partial charge in [0.2, 0.25) is 5.91 Å². The third kappa shape index (κ3) is 55.6. The highest BCUT2D eigenvalue weighted by Gasteiger charge is 2.51. The minimum atomic E-state index is -1.79. The third-order valence-corrected chi connectivity index (χ3v) is 22.3. The fourth-order valence-electron chi connectivity index (χ4n) is 15.2. The van der Waals surface area contributed by atoms with Crippen molar-refractivity contribution in [1.29, 1.82) is 0 Å². The zero-order chi connectivity index (χ0) is 75.1. The van der Waals surface area contributed by atoms with Crippen LogP contribution in [0.4, 0.5) is 0 Å². The normalized spacial score (nSPS) is 21.6. The first-order valence-electron chi connectivity index (χ1n) is 45.2. The minimum absolute atomic E-state index is 0.244. The molecule has 12 atom stereocenters. The van der Waals surface area contributed by atoms with Crippen LogP contribution in [0.15, 0.2) is 36.5 Å². The number of hydrogen-bond acceptors (Lipinski definition) is 13. The number of ether oxygens (including phenoxy) is 4. The van der Waals surface area contributed by atoms with Crippen LogP contribution in [0.3, 0.4) is 0 Å². The Morgan fingerprint density at radius 3 is 0.942 bits per heavy atom. The zero-order valence-electron chi connectivity index (χ0n) is 67.8. The van der Waals surface area contributed by atoms with E-state index in [1.54, 1.807) is 6.08 Å². The minimum Gasteiger partial charge on any atom is -0.394 e. The van der Waals surface area contributed by atoms with Crippen LogP contribution in [0.2, 0.25) is 0 Å². The molecule has 0 radical (unpaired) electrons. The molecule has 2 aliphatic heterocycles. The summed E-state index contributed by atoms with van der Waals surface area (Å²) in [5, 5.41) is 87.8. The number of aliphatic hydroxyl groups excluding tert-OH is 8. The predicted octanol–water partition coefficient (Wildman–Crippen LogP) is 21.9. The van der Waals surface area contributed by atoms with Crippen LogP contribution in [0.25, 0.3) is 0 Å². The Morgan fingerprint density at radius 2 is 0.615 bits per heavy atom. The maximum absolute atomic E-state index is 13.4. The van der Waals surface area contributed by atoms with E-state index in [0.29, 0.717) is 12.8 Å². The summed E-state index contributed by atoms with van der Waals surface area (Å²) in [4.78, 5) is 13.4. The van der Waals surface area contributed by atoms with Gasteiger partial charge in [0, 0.05) is 6.42 Å². The van der Waals surface area contributed by atoms with E-state index in [-0.39, 0.29) is 18.9 Å². The van der Waals surface area contributed by atoms with Crippen molar-refractivity contribution in [2.75, 3.05) is 19.8 Å². The van der Waals surface area contributed by atoms with E-state index in [1.807, 2.05) is 6.08 Å². The van der Waals surface area contributed by atoms with Crippen molar-refractivity contribution < 1.29 is 64.6 Å². The summed E-state index contributed by atoms with van der Waals surface area (Å²) in [6.45, 7) is 2.85. The summed E-state index contributed by atoms with van der Waals surface area (Å²) >= 11 is 0. The van der Waals surface area contributed by atoms with Crippen molar-refractivity contribution in [2.45, 2.75) is 511 Å². The molecule has 12 unspecified atom stereocenters. The van der Waals surface area contributed by atoms with Crippen LogP contribution in [0, 0.1) is 0 Å². The number of aliphatic hydroxyl groups is 8. The summed E-state index contributed by atoms with van der Waals surface area (Å²) < 4.78 is 22.9. The van der Waals surface area contributed by atoms with Crippen LogP contribution in [-0.2, 0) is 23.7 Å². The summed E-state index contributed by atoms with van der Waals surface area (Å²) in [5.41, 5.74) is 0. The topological polar surface area (TPSA) is 228 Å². The predicted molar refractivity (Wildman–Crippen MR) is 434 cm³/mol. The number of allylic oxidation sites excluding steroid dienone is 5. The van der Waals surface area contributed by atoms with Crippen LogP contribution < -0.4 is 5.32 Å². The van der Waals surface area contributed by atoms with Crippen molar-refractivity contribution >= 4 is 5.91 Å². The van der Waals surface area contributed by atoms with Gasteiger partial charge in [-0.1, -0.05) is 423 Å². The highest BCUT2D eigenvalue weighted by atomic mass is 16.7. The lowest BCUT2D eigenvalue weighted by molar-refractivity contribution is -0.359. The van der Waals surface area contributed by atoms with E-state index in [0.717, 1.165) is 44.9 Å². The second-order valence-corrected chi connectivity index (χ2v) is 32.1. The molecule has 104 heavy (non-hydrogen) atoms. The standard InChI is InChI=1S/C90H171NO13/c1-3-5-7-9-11-13-15-17-19-21-23-25-27-29-31-33-34-35-36-37-38-39-40-41-42-43-44-46-48-50-52-54-56-58-60-62-64-66-68-70-72-74-82(95)91-78(77-101-89-87(100)85(98)88(81(76-93)103-89)104-90-86(99)84(97)83(96)80(75-92)102-90)79(94)73-71-69-67-65-63-61-59-57-55-53-51-49-47-45-32-30-28-26-24-22-20-18-16-14-12-10-8-6-4-2/h55,57,63,65,71,73,78-81,83-90,92-94,96-100H,3-54,56,58-62,64,66-70,72,74-77H2,1-2H3,(H,91,95)/b57-55+,65-63+,73-71+. The molecule has 2 heterocycles. The molecule has 0 spiro atoms. The first kappa shape index (κ1) is 98.3. The zero-order valence-corrected chi connectivity index (χ0v) is 67.8. The van der Waals surface area contributed by atoms with Gasteiger partial charge in [-0.2, -0.15) is 0 Å². The Bertz CT molecular complexity index is 1890. The molecule has 9 N–H and O–H groups in total. The van der Waals surface area contributed by atoms with E-state index in [1.165, 1.54) is 360 Å². The van der Waals surface area contributed by atoms with Gasteiger partial charge in [0.1, 0.15) is 48.8 Å². The van der Waals surface area contributed by atoms with Gasteiger partial charge >= 0.3 is 0 Å². The van der Waals surface area contributed by atoms with Gasteiger partial charge in [0.15, 0.2) is 12.6 Å². The van der Waals surface area contributed by atoms with Gasteiger partial charge in [-0.25, -0.2) is 0 Å². The number of unbranched alkanes of at least 4 members (excludes halogenated alkanes) is 61. The molecule has 614 valence electrons. The number of rotatable bonds is 78. The summed E-state index contributed by atoms with van der Waals surface area (Å²) in [7, 11) is 0. The number of carbonyl (C=O) groups excluding carboxylic acids is 1. The summed E-state index contributed by atoms with van der Waals surface area (Å²) in [6.07, 6.45) is 82.9. The van der Waals surface area contributed by atoms with Gasteiger partial charge in [0.05, 0.1) is 32.0 Å². The molecule has 2 rings (SSSR count). The van der Waals surface area contributed by atoms with Crippen LogP contribution in [-0.4, -0.2) is 140 Å². The number of amides is 1. The molecule has 14 heteroatoms. The van der Waals surface area contributed by atoms with Crippen LogP contribution >= 0.6 is 0 Å². The Kier molecular flexibility index (Phi) is 69.9. The molecule has 0 aromatic heterocycles. The van der Waals surface area contributed by atoms with Gasteiger partial charge in [-0.05, 0) is 44.9 Å². The Morgan fingerprint density at radius 1 is 0.337 bits per heavy atom. The molecule has 2 saturated heterocycles. The molecule has 1 amide bonds. The summed E-state index contributed by atoms with van der Waals surface area (Å²) in [6, 6.07) is -0.939. The van der Waals surface area contributed by atoms with Crippen molar-refractivity contribution in [3.05, 3.63) is 36.5 Å². The van der Waals surface area contributed by atoms with Gasteiger partial charge in [-0.15, -0.1) is 0 Å². The average Bonchev–Trinajstić information content (AvgIpc) is 0.788. The molecule has 0 aromatic rings. The Labute approximate surface area is 640 Å². The van der Waals surface area contributed by atoms with Crippen molar-refractivity contribution in [3.63, 3.8) is 0 Å². The van der Waals surface area contributed by atoms with Gasteiger partial charge in [0.25, 0.3) is 0 Å². The van der Waals surface area contributed by atoms with E-state index in [9.17, 15) is 45.6 Å². The van der Waals surface area contributed by atoms with Crippen LogP contribution in [0.1, 0.15) is 438 Å². The molecule has 2 aliphatic rings. The van der Waals surface area contributed by atoms with Gasteiger partial charge < -0.3 is 65.1 Å². The Balaban J connectivity index is 1.56. The molecule has 14 nitrogen and oxygen atoms in total. The smallest absolute Gasteiger partial charge is 0.220 e. The molecule has 0 aliphatic carbocycles. The molecule has 0 saturated carbocycles. The van der Waals surface area contributed by atoms with Crippen LogP contribution in [0.5, 0.6) is 0 Å². The van der Waals surface area contributed by atoms with E-state index in [4.69, 9.17) is 18.9 Å². The lowest BCUT2D eigenvalue weighted by atomic mass is 9.97. The third-order valence-electron chi connectivity index (χ3n) is 22.3. The maximum Gasteiger partial charge on any atom is 0.220 e. The number of hydrogen-bond donors (Lipinski definition) is 9. The average molecular weight is 1480 g/mol. The first-order valence-corrected chi connectivity index (χ1v) is 45.2. The lowest BCUT2D eigenvalue weighted by Crippen LogP contribution is -2.65. The second kappa shape index (κ2) is 74.0. The van der Waals surface area contributed by atoms with E-state index >= 15 is 0 Å². The molecule has 0 bridgehead atoms. The fraction of sp³-hybridized carbons (Fsp3) is 0.922. The van der Waals surface area contributed by atoms with Crippen molar-refractivity contribution in [1.82, 2.24) is 5.32 Å². The number of carbonyl (C=O) groups is 1. The molecular weight excluding hydrogens is 1300 g/mol. The summed E-state index contributed by atoms with van der Waals surface area (Å²) in [5.74, 6) is -0.244. The van der Waals surface area contributed by atoms with E-state index in [2.05, 4.69) is 43.5 Å². The molecular formula is C90H171NO13. The first-order chi connectivity index (χ1) is 51.1. The molecule has 0 aromatic carbocycles. The molecule has 2 fully saturated rings. The Hall–Kier alpha value is -1.79. The van der Waals surface area contributed by atoms with Gasteiger partial charge in [-0.3, -0.25) is 4.79 Å². The van der Waals surface area contributed by atoms with Crippen molar-refractivity contribution in [3.8, 4) is 0 Å². The lowest BCUT2D eigenvalue weighted by Gasteiger charge is -2.46. The largest absolute Gasteiger partial charge is 0.394 e. The number of nitrogens with one attached hydrogen (secondary N) is 1. The SMILES string of the molecule is CCCCCCCCCCCCCCCCCCCCC/C=C/CC/C=C/CC/C=C/C(O)C(COC1OC(CO)C(OC2OC(CO)C(O)C(O)C2O)C(O)C1O)NC(=O)CCCCCCCCCCCCCCCCCCCCCCCCCCCCCCCCCCCCCCCCCCC. The van der Waals surface area contributed by atoms with E-state index < -0.39 is 86.8 Å². The monoisotopic (exact) mass is 1470 g/mol. The maximum atomic E-state index is 13.4. The quantitative estimate of drug-likeness (QED) is 0.0204. The highest BCUT2D eigenvalue weighted by Crippen LogP contribution is 2.31. The highest BCUT2D eigenvalue weighted by molar-refractivity contribution is 5.76. The fourth-order valence-corrected chi connectivity index (χ4v) is 15.2. The second-order valence-electron chi connectivity index (χ2n) is 32.1. The van der Waals surface area contributed by atoms with Crippen molar-refractivity contribution in [2.24, 2.45) is 0 Å².